The van der Waals surface area contributed by atoms with Crippen molar-refractivity contribution < 1.29 is 8.83 Å². The lowest BCUT2D eigenvalue weighted by atomic mass is 10.1. The number of benzene rings is 1. The lowest BCUT2D eigenvalue weighted by Crippen LogP contribution is -1.81. The van der Waals surface area contributed by atoms with E-state index < -0.39 is 0 Å². The standard InChI is InChI=1S/C22H18N4O2S2/c1-3-15-9-11-17(29-15)21-25-23-19(27-21)13-5-7-14(8-6-13)20-24-26-22(28-20)18-12-10-16(4-2)30-18/h5-12H,3-4H2,1-2H3. The lowest BCUT2D eigenvalue weighted by molar-refractivity contribution is 0.584. The van der Waals surface area contributed by atoms with E-state index in [0.29, 0.717) is 23.6 Å². The molecule has 4 aromatic heterocycles. The van der Waals surface area contributed by atoms with Crippen molar-refractivity contribution in [2.24, 2.45) is 0 Å². The molecule has 0 fully saturated rings. The van der Waals surface area contributed by atoms with Crippen LogP contribution in [0.25, 0.3) is 44.4 Å². The van der Waals surface area contributed by atoms with E-state index in [-0.39, 0.29) is 0 Å². The van der Waals surface area contributed by atoms with Crippen LogP contribution in [-0.4, -0.2) is 20.4 Å². The fraction of sp³-hybridized carbons (Fsp3) is 0.182. The fourth-order valence-corrected chi connectivity index (χ4v) is 4.74. The Morgan fingerprint density at radius 2 is 0.967 bits per heavy atom. The SMILES string of the molecule is CCc1ccc(-c2nnc(-c3ccc(-c4nnc(-c5ccc(CC)s5)o4)cc3)o2)s1. The largest absolute Gasteiger partial charge is 0.415 e. The van der Waals surface area contributed by atoms with Crippen LogP contribution < -0.4 is 0 Å². The van der Waals surface area contributed by atoms with Gasteiger partial charge in [0.2, 0.25) is 11.8 Å². The maximum absolute atomic E-state index is 5.87. The van der Waals surface area contributed by atoms with E-state index >= 15 is 0 Å². The number of aryl methyl sites for hydroxylation is 2. The van der Waals surface area contributed by atoms with Crippen LogP contribution in [0.2, 0.25) is 0 Å². The Balaban J connectivity index is 1.36. The summed E-state index contributed by atoms with van der Waals surface area (Å²) in [6, 6.07) is 15.9. The van der Waals surface area contributed by atoms with Crippen LogP contribution in [0.15, 0.2) is 57.4 Å². The highest BCUT2D eigenvalue weighted by atomic mass is 32.1. The topological polar surface area (TPSA) is 77.8 Å². The molecule has 4 heterocycles. The molecule has 1 aromatic carbocycles. The monoisotopic (exact) mass is 434 g/mol. The number of hydrogen-bond donors (Lipinski definition) is 0. The van der Waals surface area contributed by atoms with Crippen molar-refractivity contribution in [2.75, 3.05) is 0 Å². The van der Waals surface area contributed by atoms with E-state index in [2.05, 4.69) is 46.4 Å². The second-order valence-corrected chi connectivity index (χ2v) is 8.98. The van der Waals surface area contributed by atoms with Gasteiger partial charge in [-0.3, -0.25) is 0 Å². The van der Waals surface area contributed by atoms with E-state index in [1.54, 1.807) is 22.7 Å². The van der Waals surface area contributed by atoms with Gasteiger partial charge in [0.15, 0.2) is 0 Å². The predicted octanol–water partition coefficient (Wildman–Crippen LogP) is 6.37. The molecule has 0 saturated heterocycles. The van der Waals surface area contributed by atoms with E-state index in [0.717, 1.165) is 33.7 Å². The van der Waals surface area contributed by atoms with Gasteiger partial charge in [-0.25, -0.2) is 0 Å². The van der Waals surface area contributed by atoms with E-state index in [1.165, 1.54) is 9.75 Å². The first-order valence-electron chi connectivity index (χ1n) is 9.69. The molecule has 0 unspecified atom stereocenters. The Bertz CT molecular complexity index is 1180. The summed E-state index contributed by atoms with van der Waals surface area (Å²) < 4.78 is 11.7. The van der Waals surface area contributed by atoms with Gasteiger partial charge >= 0.3 is 0 Å². The van der Waals surface area contributed by atoms with Gasteiger partial charge in [0, 0.05) is 20.9 Å². The van der Waals surface area contributed by atoms with E-state index in [4.69, 9.17) is 8.83 Å². The number of rotatable bonds is 6. The molecule has 30 heavy (non-hydrogen) atoms. The van der Waals surface area contributed by atoms with Gasteiger partial charge in [-0.05, 0) is 61.4 Å². The number of nitrogens with zero attached hydrogens (tertiary/aromatic N) is 4. The van der Waals surface area contributed by atoms with Gasteiger partial charge in [0.1, 0.15) is 0 Å². The average molecular weight is 435 g/mol. The first kappa shape index (κ1) is 18.9. The normalized spacial score (nSPS) is 11.3. The molecule has 0 N–H and O–H groups in total. The summed E-state index contributed by atoms with van der Waals surface area (Å²) >= 11 is 3.35. The van der Waals surface area contributed by atoms with Gasteiger partial charge in [0.05, 0.1) is 9.75 Å². The van der Waals surface area contributed by atoms with Gasteiger partial charge in [-0.15, -0.1) is 43.1 Å². The van der Waals surface area contributed by atoms with Crippen LogP contribution in [0.4, 0.5) is 0 Å². The maximum Gasteiger partial charge on any atom is 0.258 e. The Hall–Kier alpha value is -3.10. The third-order valence-electron chi connectivity index (χ3n) is 4.67. The first-order valence-corrected chi connectivity index (χ1v) is 11.3. The third kappa shape index (κ3) is 3.59. The molecule has 0 aliphatic carbocycles. The van der Waals surface area contributed by atoms with Gasteiger partial charge in [-0.1, -0.05) is 13.8 Å². The van der Waals surface area contributed by atoms with Gasteiger partial charge < -0.3 is 8.83 Å². The van der Waals surface area contributed by atoms with Crippen LogP contribution in [0.1, 0.15) is 23.6 Å². The second kappa shape index (κ2) is 7.97. The van der Waals surface area contributed by atoms with Crippen molar-refractivity contribution in [3.63, 3.8) is 0 Å². The van der Waals surface area contributed by atoms with Crippen molar-refractivity contribution in [2.45, 2.75) is 26.7 Å². The highest BCUT2D eigenvalue weighted by Gasteiger charge is 2.15. The summed E-state index contributed by atoms with van der Waals surface area (Å²) in [7, 11) is 0. The summed E-state index contributed by atoms with van der Waals surface area (Å²) in [5.41, 5.74) is 1.69. The van der Waals surface area contributed by atoms with Crippen molar-refractivity contribution >= 4 is 22.7 Å². The lowest BCUT2D eigenvalue weighted by Gasteiger charge is -1.97. The molecule has 0 aliphatic rings. The van der Waals surface area contributed by atoms with Crippen LogP contribution in [-0.2, 0) is 12.8 Å². The quantitative estimate of drug-likeness (QED) is 0.309. The molecule has 8 heteroatoms. The Morgan fingerprint density at radius 3 is 1.33 bits per heavy atom. The van der Waals surface area contributed by atoms with Crippen molar-refractivity contribution in [3.05, 3.63) is 58.3 Å². The predicted molar refractivity (Wildman–Crippen MR) is 118 cm³/mol. The minimum Gasteiger partial charge on any atom is -0.415 e. The first-order chi connectivity index (χ1) is 14.7. The number of thiophene rings is 2. The summed E-state index contributed by atoms with van der Waals surface area (Å²) in [6.07, 6.45) is 1.99. The molecule has 0 atom stereocenters. The van der Waals surface area contributed by atoms with E-state index in [1.807, 2.05) is 36.4 Å². The highest BCUT2D eigenvalue weighted by molar-refractivity contribution is 7.15. The molecule has 0 amide bonds. The minimum atomic E-state index is 0.486. The molecular weight excluding hydrogens is 416 g/mol. The van der Waals surface area contributed by atoms with Crippen molar-refractivity contribution in [1.82, 2.24) is 20.4 Å². The third-order valence-corrected chi connectivity index (χ3v) is 7.11. The zero-order chi connectivity index (χ0) is 20.5. The molecule has 0 aliphatic heterocycles. The van der Waals surface area contributed by atoms with Crippen LogP contribution in [0.5, 0.6) is 0 Å². The minimum absolute atomic E-state index is 0.486. The van der Waals surface area contributed by atoms with Crippen molar-refractivity contribution in [1.29, 1.82) is 0 Å². The summed E-state index contributed by atoms with van der Waals surface area (Å²) in [5, 5.41) is 16.8. The second-order valence-electron chi connectivity index (χ2n) is 6.64. The fourth-order valence-electron chi connectivity index (χ4n) is 3.00. The Labute approximate surface area is 181 Å². The molecule has 6 nitrogen and oxygen atoms in total. The Morgan fingerprint density at radius 1 is 0.567 bits per heavy atom. The smallest absolute Gasteiger partial charge is 0.258 e. The average Bonchev–Trinajstić information content (AvgIpc) is 3.58. The molecular formula is C22H18N4O2S2. The van der Waals surface area contributed by atoms with Crippen LogP contribution >= 0.6 is 22.7 Å². The number of aromatic nitrogens is 4. The number of hydrogen-bond acceptors (Lipinski definition) is 8. The molecule has 5 aromatic rings. The molecule has 0 radical (unpaired) electrons. The van der Waals surface area contributed by atoms with Crippen molar-refractivity contribution in [3.8, 4) is 44.4 Å². The maximum atomic E-state index is 5.87. The van der Waals surface area contributed by atoms with E-state index in [9.17, 15) is 0 Å². The molecule has 5 rings (SSSR count). The Kier molecular flexibility index (Phi) is 5.02. The van der Waals surface area contributed by atoms with Crippen LogP contribution in [0.3, 0.4) is 0 Å². The van der Waals surface area contributed by atoms with Gasteiger partial charge in [0.25, 0.3) is 11.8 Å². The molecule has 150 valence electrons. The summed E-state index contributed by atoms with van der Waals surface area (Å²) in [4.78, 5) is 4.56. The zero-order valence-corrected chi connectivity index (χ0v) is 18.1. The van der Waals surface area contributed by atoms with Crippen LogP contribution in [0, 0.1) is 0 Å². The molecule has 0 bridgehead atoms. The summed E-state index contributed by atoms with van der Waals surface area (Å²) in [5.74, 6) is 2.06. The molecule has 0 spiro atoms. The molecule has 0 saturated carbocycles. The summed E-state index contributed by atoms with van der Waals surface area (Å²) in [6.45, 7) is 4.26. The highest BCUT2D eigenvalue weighted by Crippen LogP contribution is 2.32. The zero-order valence-electron chi connectivity index (χ0n) is 16.5. The van der Waals surface area contributed by atoms with Gasteiger partial charge in [-0.2, -0.15) is 0 Å².